The van der Waals surface area contributed by atoms with Crippen LogP contribution < -0.4 is 9.21 Å². The summed E-state index contributed by atoms with van der Waals surface area (Å²) >= 11 is 0. The normalized spacial score (nSPS) is 17.0. The average molecular weight is 385 g/mol. The second-order valence-corrected chi connectivity index (χ2v) is 9.15. The van der Waals surface area contributed by atoms with E-state index in [4.69, 9.17) is 0 Å². The van der Waals surface area contributed by atoms with E-state index in [9.17, 15) is 13.2 Å². The van der Waals surface area contributed by atoms with E-state index >= 15 is 0 Å². The summed E-state index contributed by atoms with van der Waals surface area (Å²) in [5, 5.41) is 0. The number of aryl methyl sites for hydroxylation is 1. The number of nitrogens with zero attached hydrogens (tertiary/aromatic N) is 3. The molecule has 1 fully saturated rings. The first-order valence-electron chi connectivity index (χ1n) is 9.05. The maximum Gasteiger partial charge on any atom is 0.324 e. The summed E-state index contributed by atoms with van der Waals surface area (Å²) < 4.78 is 25.2. The molecular weight excluding hydrogens is 362 g/mol. The molecule has 2 aliphatic rings. The smallest absolute Gasteiger partial charge is 0.318 e. The number of benzene rings is 2. The van der Waals surface area contributed by atoms with Gasteiger partial charge in [-0.25, -0.2) is 13.2 Å². The van der Waals surface area contributed by atoms with Gasteiger partial charge in [-0.1, -0.05) is 29.8 Å². The summed E-state index contributed by atoms with van der Waals surface area (Å²) in [7, 11) is -3.26. The fraction of sp³-hybridized carbons (Fsp3) is 0.350. The lowest BCUT2D eigenvalue weighted by molar-refractivity contribution is 0.219. The molecule has 0 radical (unpaired) electrons. The molecule has 142 valence electrons. The van der Waals surface area contributed by atoms with E-state index in [1.807, 2.05) is 30.0 Å². The van der Waals surface area contributed by atoms with Crippen molar-refractivity contribution in [1.29, 1.82) is 0 Å². The molecule has 27 heavy (non-hydrogen) atoms. The van der Waals surface area contributed by atoms with Gasteiger partial charge in [-0.05, 0) is 42.7 Å². The highest BCUT2D eigenvalue weighted by atomic mass is 32.2. The first kappa shape index (κ1) is 17.9. The van der Waals surface area contributed by atoms with Crippen LogP contribution in [0.1, 0.15) is 16.7 Å². The minimum atomic E-state index is -3.26. The van der Waals surface area contributed by atoms with Crippen LogP contribution in [0.2, 0.25) is 0 Å². The van der Waals surface area contributed by atoms with E-state index in [0.29, 0.717) is 32.6 Å². The third-order valence-electron chi connectivity index (χ3n) is 5.22. The Balaban J connectivity index is 1.52. The Labute approximate surface area is 160 Å². The molecule has 1 saturated heterocycles. The van der Waals surface area contributed by atoms with E-state index in [-0.39, 0.29) is 6.03 Å². The molecule has 2 heterocycles. The van der Waals surface area contributed by atoms with Crippen molar-refractivity contribution in [1.82, 2.24) is 4.90 Å². The molecule has 0 spiro atoms. The molecule has 0 aliphatic carbocycles. The lowest BCUT2D eigenvalue weighted by atomic mass is 10.1. The van der Waals surface area contributed by atoms with Crippen molar-refractivity contribution < 1.29 is 13.2 Å². The van der Waals surface area contributed by atoms with Crippen molar-refractivity contribution in [3.05, 3.63) is 59.2 Å². The Bertz CT molecular complexity index is 986. The summed E-state index contributed by atoms with van der Waals surface area (Å²) in [5.41, 5.74) is 4.86. The Morgan fingerprint density at radius 1 is 1.00 bits per heavy atom. The fourth-order valence-electron chi connectivity index (χ4n) is 3.75. The minimum Gasteiger partial charge on any atom is -0.318 e. The molecule has 2 amide bonds. The van der Waals surface area contributed by atoms with Gasteiger partial charge < -0.3 is 4.90 Å². The number of anilines is 2. The van der Waals surface area contributed by atoms with Crippen LogP contribution in [0.15, 0.2) is 42.5 Å². The molecule has 7 heteroatoms. The molecular formula is C20H23N3O3S. The Morgan fingerprint density at radius 2 is 1.74 bits per heavy atom. The van der Waals surface area contributed by atoms with Gasteiger partial charge in [-0.3, -0.25) is 9.21 Å². The molecule has 2 aliphatic heterocycles. The number of fused-ring (bicyclic) bond motifs is 1. The third kappa shape index (κ3) is 3.39. The lowest BCUT2D eigenvalue weighted by Gasteiger charge is -2.20. The molecule has 2 aromatic rings. The molecule has 4 rings (SSSR count). The monoisotopic (exact) mass is 385 g/mol. The van der Waals surface area contributed by atoms with Crippen molar-refractivity contribution in [2.45, 2.75) is 19.9 Å². The van der Waals surface area contributed by atoms with Crippen molar-refractivity contribution in [2.24, 2.45) is 0 Å². The molecule has 0 N–H and O–H groups in total. The van der Waals surface area contributed by atoms with Gasteiger partial charge in [-0.2, -0.15) is 0 Å². The number of hydrogen-bond acceptors (Lipinski definition) is 3. The number of carbonyl (C=O) groups excluding carboxylic acids is 1. The van der Waals surface area contributed by atoms with Gasteiger partial charge in [0, 0.05) is 31.9 Å². The predicted molar refractivity (Wildman–Crippen MR) is 107 cm³/mol. The number of amides is 2. The molecule has 6 nitrogen and oxygen atoms in total. The highest BCUT2D eigenvalue weighted by Crippen LogP contribution is 2.34. The van der Waals surface area contributed by atoms with Gasteiger partial charge in [-0.15, -0.1) is 0 Å². The predicted octanol–water partition coefficient (Wildman–Crippen LogP) is 2.76. The number of sulfonamides is 1. The van der Waals surface area contributed by atoms with Crippen molar-refractivity contribution >= 4 is 27.4 Å². The number of urea groups is 1. The first-order chi connectivity index (χ1) is 12.8. The Kier molecular flexibility index (Phi) is 4.34. The summed E-state index contributed by atoms with van der Waals surface area (Å²) in [6, 6.07) is 13.8. The summed E-state index contributed by atoms with van der Waals surface area (Å²) in [4.78, 5) is 16.5. The Morgan fingerprint density at radius 3 is 2.44 bits per heavy atom. The van der Waals surface area contributed by atoms with Crippen LogP contribution in [-0.4, -0.2) is 45.2 Å². The maximum atomic E-state index is 12.8. The lowest BCUT2D eigenvalue weighted by Crippen LogP contribution is -2.31. The Hall–Kier alpha value is -2.54. The van der Waals surface area contributed by atoms with Gasteiger partial charge in [0.1, 0.15) is 0 Å². The van der Waals surface area contributed by atoms with Gasteiger partial charge in [0.15, 0.2) is 0 Å². The van der Waals surface area contributed by atoms with E-state index in [2.05, 4.69) is 24.3 Å². The molecule has 2 aromatic carbocycles. The summed E-state index contributed by atoms with van der Waals surface area (Å²) in [6.07, 6.45) is 1.90. The minimum absolute atomic E-state index is 0.00603. The van der Waals surface area contributed by atoms with Gasteiger partial charge in [0.05, 0.1) is 11.9 Å². The van der Waals surface area contributed by atoms with Crippen LogP contribution in [0.25, 0.3) is 0 Å². The van der Waals surface area contributed by atoms with Gasteiger partial charge in [0.25, 0.3) is 0 Å². The molecule has 0 atom stereocenters. The SMILES string of the molecule is Cc1ccc(CN2CCN(c3ccc4c(c3)CCN4S(C)(=O)=O)C2=O)cc1. The van der Waals surface area contributed by atoms with Gasteiger partial charge >= 0.3 is 6.03 Å². The fourth-order valence-corrected chi connectivity index (χ4v) is 4.71. The summed E-state index contributed by atoms with van der Waals surface area (Å²) in [5.74, 6) is 0. The van der Waals surface area contributed by atoms with E-state index in [0.717, 1.165) is 22.5 Å². The zero-order valence-corrected chi connectivity index (χ0v) is 16.4. The number of rotatable bonds is 4. The number of carbonyl (C=O) groups is 1. The van der Waals surface area contributed by atoms with Crippen LogP contribution in [0, 0.1) is 6.92 Å². The zero-order valence-electron chi connectivity index (χ0n) is 15.6. The average Bonchev–Trinajstić information content (AvgIpc) is 3.20. The molecule has 0 bridgehead atoms. The zero-order chi connectivity index (χ0) is 19.2. The van der Waals surface area contributed by atoms with E-state index < -0.39 is 10.0 Å². The van der Waals surface area contributed by atoms with Crippen molar-refractivity contribution in [3.8, 4) is 0 Å². The quantitative estimate of drug-likeness (QED) is 0.813. The van der Waals surface area contributed by atoms with Crippen LogP contribution in [0.3, 0.4) is 0 Å². The molecule has 0 unspecified atom stereocenters. The maximum absolute atomic E-state index is 12.8. The van der Waals surface area contributed by atoms with Crippen molar-refractivity contribution in [3.63, 3.8) is 0 Å². The second-order valence-electron chi connectivity index (χ2n) is 7.24. The molecule has 0 saturated carbocycles. The van der Waals surface area contributed by atoms with Crippen LogP contribution >= 0.6 is 0 Å². The molecule has 0 aromatic heterocycles. The first-order valence-corrected chi connectivity index (χ1v) is 10.9. The standard InChI is InChI=1S/C20H23N3O3S/c1-15-3-5-16(6-4-15)14-21-11-12-22(20(21)24)18-7-8-19-17(13-18)9-10-23(19)27(2,25)26/h3-8,13H,9-12,14H2,1-2H3. The van der Waals surface area contributed by atoms with E-state index in [1.165, 1.54) is 16.1 Å². The summed E-state index contributed by atoms with van der Waals surface area (Å²) in [6.45, 7) is 4.43. The van der Waals surface area contributed by atoms with Gasteiger partial charge in [0.2, 0.25) is 10.0 Å². The topological polar surface area (TPSA) is 60.9 Å². The van der Waals surface area contributed by atoms with Crippen LogP contribution in [0.5, 0.6) is 0 Å². The second kappa shape index (κ2) is 6.56. The largest absolute Gasteiger partial charge is 0.324 e. The van der Waals surface area contributed by atoms with Crippen LogP contribution in [-0.2, 0) is 23.0 Å². The number of hydrogen-bond donors (Lipinski definition) is 0. The highest BCUT2D eigenvalue weighted by Gasteiger charge is 2.32. The van der Waals surface area contributed by atoms with E-state index in [1.54, 1.807) is 4.90 Å². The highest BCUT2D eigenvalue weighted by molar-refractivity contribution is 7.92. The third-order valence-corrected chi connectivity index (χ3v) is 6.40. The van der Waals surface area contributed by atoms with Crippen molar-refractivity contribution in [2.75, 3.05) is 35.1 Å². The van der Waals surface area contributed by atoms with Crippen LogP contribution in [0.4, 0.5) is 16.2 Å².